The molecule has 0 N–H and O–H groups in total. The van der Waals surface area contributed by atoms with Crippen LogP contribution >= 0.6 is 0 Å². The van der Waals surface area contributed by atoms with Crippen molar-refractivity contribution in [3.8, 4) is 17.6 Å². The van der Waals surface area contributed by atoms with E-state index >= 15 is 0 Å². The molecule has 1 heterocycles. The van der Waals surface area contributed by atoms with Gasteiger partial charge < -0.3 is 4.74 Å². The van der Waals surface area contributed by atoms with Crippen LogP contribution in [0.15, 0.2) is 42.6 Å². The Labute approximate surface area is 106 Å². The Morgan fingerprint density at radius 2 is 1.74 bits per heavy atom. The number of hydrogen-bond acceptors (Lipinski definition) is 3. The largest absolute Gasteiger partial charge is 0.457 e. The van der Waals surface area contributed by atoms with Gasteiger partial charge in [-0.2, -0.15) is 18.4 Å². The van der Waals surface area contributed by atoms with Crippen LogP contribution in [0.5, 0.6) is 11.5 Å². The van der Waals surface area contributed by atoms with E-state index in [1.807, 2.05) is 6.07 Å². The summed E-state index contributed by atoms with van der Waals surface area (Å²) in [6.07, 6.45) is -2.98. The van der Waals surface area contributed by atoms with Gasteiger partial charge in [-0.05, 0) is 30.3 Å². The summed E-state index contributed by atoms with van der Waals surface area (Å²) in [5.74, 6) is 0.592. The summed E-state index contributed by atoms with van der Waals surface area (Å²) in [4.78, 5) is 3.76. The fraction of sp³-hybridized carbons (Fsp3) is 0.0769. The second kappa shape index (κ2) is 4.98. The monoisotopic (exact) mass is 264 g/mol. The van der Waals surface area contributed by atoms with Crippen molar-refractivity contribution in [2.45, 2.75) is 6.18 Å². The van der Waals surface area contributed by atoms with Crippen LogP contribution in [0.3, 0.4) is 0 Å². The van der Waals surface area contributed by atoms with Crippen LogP contribution in [0.2, 0.25) is 0 Å². The summed E-state index contributed by atoms with van der Waals surface area (Å²) >= 11 is 0. The Hall–Kier alpha value is -2.55. The zero-order valence-corrected chi connectivity index (χ0v) is 9.48. The number of rotatable bonds is 2. The molecule has 2 rings (SSSR count). The molecule has 0 aliphatic rings. The molecule has 0 radical (unpaired) electrons. The summed E-state index contributed by atoms with van der Waals surface area (Å²) in [5, 5.41) is 8.66. The van der Waals surface area contributed by atoms with Gasteiger partial charge in [-0.3, -0.25) is 0 Å². The molecule has 0 bridgehead atoms. The summed E-state index contributed by atoms with van der Waals surface area (Å²) in [5.41, 5.74) is -0.572. The molecule has 0 unspecified atom stereocenters. The summed E-state index contributed by atoms with van der Waals surface area (Å²) in [6, 6.07) is 9.05. The highest BCUT2D eigenvalue weighted by Gasteiger charge is 2.30. The van der Waals surface area contributed by atoms with Gasteiger partial charge in [-0.1, -0.05) is 0 Å². The molecule has 2 aromatic rings. The first-order valence-electron chi connectivity index (χ1n) is 5.20. The number of alkyl halides is 3. The Bertz CT molecular complexity index is 615. The molecule has 3 nitrogen and oxygen atoms in total. The van der Waals surface area contributed by atoms with Crippen LogP contribution in [0.1, 0.15) is 11.3 Å². The Morgan fingerprint density at radius 1 is 1.05 bits per heavy atom. The number of pyridine rings is 1. The van der Waals surface area contributed by atoms with Gasteiger partial charge in [0, 0.05) is 12.3 Å². The van der Waals surface area contributed by atoms with E-state index in [0.29, 0.717) is 5.75 Å². The van der Waals surface area contributed by atoms with E-state index in [4.69, 9.17) is 10.00 Å². The maximum Gasteiger partial charge on any atom is 0.416 e. The minimum absolute atomic E-state index is 0.171. The smallest absolute Gasteiger partial charge is 0.416 e. The molecule has 0 saturated carbocycles. The maximum absolute atomic E-state index is 12.4. The lowest BCUT2D eigenvalue weighted by molar-refractivity contribution is -0.137. The number of aromatic nitrogens is 1. The third-order valence-electron chi connectivity index (χ3n) is 2.26. The molecule has 19 heavy (non-hydrogen) atoms. The molecule has 0 spiro atoms. The van der Waals surface area contributed by atoms with Gasteiger partial charge in [0.2, 0.25) is 0 Å². The summed E-state index contributed by atoms with van der Waals surface area (Å²) in [7, 11) is 0. The standard InChI is InChI=1S/C13H7F3N2O/c14-13(15,16)9-1-3-11(4-2-9)19-12-5-6-18-10(7-12)8-17/h1-7H. The van der Waals surface area contributed by atoms with E-state index in [9.17, 15) is 13.2 Å². The lowest BCUT2D eigenvalue weighted by atomic mass is 10.2. The van der Waals surface area contributed by atoms with Crippen LogP contribution in [0.4, 0.5) is 13.2 Å². The minimum atomic E-state index is -4.37. The predicted octanol–water partition coefficient (Wildman–Crippen LogP) is 3.76. The van der Waals surface area contributed by atoms with Crippen LogP contribution in [-0.2, 0) is 6.18 Å². The highest BCUT2D eigenvalue weighted by atomic mass is 19.4. The molecular formula is C13H7F3N2O. The maximum atomic E-state index is 12.4. The highest BCUT2D eigenvalue weighted by Crippen LogP contribution is 2.31. The number of nitrogens with zero attached hydrogens (tertiary/aromatic N) is 2. The minimum Gasteiger partial charge on any atom is -0.457 e. The number of halogens is 3. The van der Waals surface area contributed by atoms with E-state index in [2.05, 4.69) is 4.98 Å². The average Bonchev–Trinajstić information content (AvgIpc) is 2.38. The topological polar surface area (TPSA) is 45.9 Å². The molecule has 0 saturated heterocycles. The molecule has 0 aliphatic heterocycles. The molecule has 0 aliphatic carbocycles. The van der Waals surface area contributed by atoms with Crippen molar-refractivity contribution in [2.75, 3.05) is 0 Å². The number of benzene rings is 1. The van der Waals surface area contributed by atoms with Crippen molar-refractivity contribution in [1.29, 1.82) is 5.26 Å². The summed E-state index contributed by atoms with van der Waals surface area (Å²) in [6.45, 7) is 0. The lowest BCUT2D eigenvalue weighted by Crippen LogP contribution is -2.03. The highest BCUT2D eigenvalue weighted by molar-refractivity contribution is 5.36. The van der Waals surface area contributed by atoms with Crippen LogP contribution < -0.4 is 4.74 Å². The number of hydrogen-bond donors (Lipinski definition) is 0. The molecular weight excluding hydrogens is 257 g/mol. The van der Waals surface area contributed by atoms with Crippen molar-refractivity contribution in [2.24, 2.45) is 0 Å². The Kier molecular flexibility index (Phi) is 3.38. The van der Waals surface area contributed by atoms with E-state index in [-0.39, 0.29) is 11.4 Å². The quantitative estimate of drug-likeness (QED) is 0.829. The molecule has 96 valence electrons. The van der Waals surface area contributed by atoms with Gasteiger partial charge in [-0.25, -0.2) is 4.98 Å². The molecule has 1 aromatic carbocycles. The first-order valence-corrected chi connectivity index (χ1v) is 5.20. The predicted molar refractivity (Wildman–Crippen MR) is 60.5 cm³/mol. The zero-order chi connectivity index (χ0) is 13.9. The fourth-order valence-corrected chi connectivity index (χ4v) is 1.38. The van der Waals surface area contributed by atoms with E-state index in [0.717, 1.165) is 12.1 Å². The van der Waals surface area contributed by atoms with Gasteiger partial charge in [-0.15, -0.1) is 0 Å². The zero-order valence-electron chi connectivity index (χ0n) is 9.48. The molecule has 0 atom stereocenters. The van der Waals surface area contributed by atoms with Crippen LogP contribution in [0, 0.1) is 11.3 Å². The van der Waals surface area contributed by atoms with Gasteiger partial charge in [0.05, 0.1) is 5.56 Å². The average molecular weight is 264 g/mol. The molecule has 0 amide bonds. The second-order valence-corrected chi connectivity index (χ2v) is 3.61. The van der Waals surface area contributed by atoms with Gasteiger partial charge >= 0.3 is 6.18 Å². The summed E-state index contributed by atoms with van der Waals surface area (Å²) < 4.78 is 42.4. The van der Waals surface area contributed by atoms with E-state index in [1.54, 1.807) is 0 Å². The first kappa shape index (κ1) is 12.9. The first-order chi connectivity index (χ1) is 8.99. The molecule has 6 heteroatoms. The van der Waals surface area contributed by atoms with Gasteiger partial charge in [0.25, 0.3) is 0 Å². The van der Waals surface area contributed by atoms with Crippen molar-refractivity contribution in [1.82, 2.24) is 4.98 Å². The van der Waals surface area contributed by atoms with Crippen LogP contribution in [0.25, 0.3) is 0 Å². The number of nitriles is 1. The second-order valence-electron chi connectivity index (χ2n) is 3.61. The Balaban J connectivity index is 2.18. The molecule has 1 aromatic heterocycles. The van der Waals surface area contributed by atoms with Crippen molar-refractivity contribution >= 4 is 0 Å². The number of ether oxygens (including phenoxy) is 1. The fourth-order valence-electron chi connectivity index (χ4n) is 1.38. The van der Waals surface area contributed by atoms with Crippen molar-refractivity contribution in [3.63, 3.8) is 0 Å². The lowest BCUT2D eigenvalue weighted by Gasteiger charge is -2.08. The Morgan fingerprint density at radius 3 is 2.32 bits per heavy atom. The molecule has 0 fully saturated rings. The van der Waals surface area contributed by atoms with Gasteiger partial charge in [0.15, 0.2) is 0 Å². The normalized spacial score (nSPS) is 10.8. The SMILES string of the molecule is N#Cc1cc(Oc2ccc(C(F)(F)F)cc2)ccn1. The third kappa shape index (κ3) is 3.22. The van der Waals surface area contributed by atoms with Gasteiger partial charge in [0.1, 0.15) is 23.3 Å². The van der Waals surface area contributed by atoms with E-state index in [1.165, 1.54) is 30.5 Å². The van der Waals surface area contributed by atoms with Crippen LogP contribution in [-0.4, -0.2) is 4.98 Å². The third-order valence-corrected chi connectivity index (χ3v) is 2.26. The van der Waals surface area contributed by atoms with Crippen molar-refractivity contribution < 1.29 is 17.9 Å². The van der Waals surface area contributed by atoms with E-state index < -0.39 is 11.7 Å². The van der Waals surface area contributed by atoms with Crippen molar-refractivity contribution in [3.05, 3.63) is 53.9 Å².